The van der Waals surface area contributed by atoms with E-state index in [1.165, 1.54) is 19.2 Å². The Hall–Kier alpha value is -2.25. The average Bonchev–Trinajstić information content (AvgIpc) is 2.55. The number of hydrogen-bond donors (Lipinski definition) is 1. The molecule has 0 amide bonds. The number of esters is 1. The zero-order valence-corrected chi connectivity index (χ0v) is 13.3. The molecule has 2 rings (SSSR count). The molecule has 0 aliphatic carbocycles. The number of carbonyl (C=O) groups is 1. The molecule has 0 spiro atoms. The van der Waals surface area contributed by atoms with E-state index in [4.69, 9.17) is 0 Å². The van der Waals surface area contributed by atoms with E-state index < -0.39 is 21.6 Å². The monoisotopic (exact) mass is 337 g/mol. The number of carbonyl (C=O) groups excluding carboxylic acids is 1. The highest BCUT2D eigenvalue weighted by atomic mass is 32.2. The van der Waals surface area contributed by atoms with E-state index in [1.54, 1.807) is 24.3 Å². The molecule has 2 aromatic carbocycles. The first kappa shape index (κ1) is 17.1. The molecule has 0 saturated carbocycles. The summed E-state index contributed by atoms with van der Waals surface area (Å²) in [6.45, 7) is 0.186. The van der Waals surface area contributed by atoms with Gasteiger partial charge in [0.25, 0.3) is 0 Å². The van der Waals surface area contributed by atoms with Crippen LogP contribution < -0.4 is 5.32 Å². The maximum atomic E-state index is 12.8. The fourth-order valence-electron chi connectivity index (χ4n) is 2.03. The highest BCUT2D eigenvalue weighted by Gasteiger charge is 2.15. The van der Waals surface area contributed by atoms with Gasteiger partial charge in [-0.1, -0.05) is 18.2 Å². The van der Waals surface area contributed by atoms with E-state index in [0.717, 1.165) is 12.1 Å². The fraction of sp³-hybridized carbons (Fsp3) is 0.188. The van der Waals surface area contributed by atoms with Gasteiger partial charge in [0, 0.05) is 6.54 Å². The number of nitrogens with one attached hydrogen (secondary N) is 1. The summed E-state index contributed by atoms with van der Waals surface area (Å²) in [5.74, 6) is -1.30. The average molecular weight is 337 g/mol. The van der Waals surface area contributed by atoms with Gasteiger partial charge >= 0.3 is 5.97 Å². The first-order valence-corrected chi connectivity index (χ1v) is 8.44. The maximum absolute atomic E-state index is 12.8. The molecule has 0 atom stereocenters. The van der Waals surface area contributed by atoms with E-state index >= 15 is 0 Å². The van der Waals surface area contributed by atoms with Gasteiger partial charge in [0.05, 0.1) is 17.6 Å². The van der Waals surface area contributed by atoms with E-state index in [9.17, 15) is 17.6 Å². The van der Waals surface area contributed by atoms with Crippen molar-refractivity contribution < 1.29 is 22.3 Å². The lowest BCUT2D eigenvalue weighted by Gasteiger charge is -2.10. The van der Waals surface area contributed by atoms with Gasteiger partial charge in [0.1, 0.15) is 11.7 Å². The number of rotatable bonds is 6. The minimum Gasteiger partial charge on any atom is -0.465 e. The van der Waals surface area contributed by atoms with Gasteiger partial charge in [0.2, 0.25) is 0 Å². The lowest BCUT2D eigenvalue weighted by atomic mass is 10.1. The molecule has 0 saturated heterocycles. The predicted molar refractivity (Wildman–Crippen MR) is 83.1 cm³/mol. The molecule has 2 aromatic rings. The normalized spacial score (nSPS) is 11.2. The summed E-state index contributed by atoms with van der Waals surface area (Å²) in [4.78, 5) is 11.7. The van der Waals surface area contributed by atoms with Crippen LogP contribution in [-0.4, -0.2) is 27.4 Å². The minimum absolute atomic E-state index is 0.0349. The highest BCUT2D eigenvalue weighted by Crippen LogP contribution is 2.13. The Kier molecular flexibility index (Phi) is 5.46. The predicted octanol–water partition coefficient (Wildman–Crippen LogP) is 2.13. The summed E-state index contributed by atoms with van der Waals surface area (Å²) in [5, 5.41) is 2.78. The Balaban J connectivity index is 2.05. The van der Waals surface area contributed by atoms with Crippen molar-refractivity contribution in [3.05, 3.63) is 65.5 Å². The van der Waals surface area contributed by atoms with Crippen molar-refractivity contribution in [2.24, 2.45) is 0 Å². The third-order valence-electron chi connectivity index (χ3n) is 3.20. The SMILES string of the molecule is COC(=O)c1ccccc1CNCS(=O)(=O)c1ccc(F)cc1. The van der Waals surface area contributed by atoms with Crippen LogP contribution >= 0.6 is 0 Å². The fourth-order valence-corrected chi connectivity index (χ4v) is 3.12. The molecule has 0 aliphatic rings. The van der Waals surface area contributed by atoms with Crippen molar-refractivity contribution in [3.8, 4) is 0 Å². The molecule has 0 aliphatic heterocycles. The highest BCUT2D eigenvalue weighted by molar-refractivity contribution is 7.91. The summed E-state index contributed by atoms with van der Waals surface area (Å²) < 4.78 is 41.8. The van der Waals surface area contributed by atoms with Gasteiger partial charge in [-0.2, -0.15) is 0 Å². The number of benzene rings is 2. The molecule has 0 unspecified atom stereocenters. The number of halogens is 1. The van der Waals surface area contributed by atoms with Crippen LogP contribution in [0.4, 0.5) is 4.39 Å². The molecule has 1 N–H and O–H groups in total. The van der Waals surface area contributed by atoms with Crippen LogP contribution in [0, 0.1) is 5.82 Å². The molecule has 0 heterocycles. The standard InChI is InChI=1S/C16H16FNO4S/c1-22-16(19)15-5-3-2-4-12(15)10-18-11-23(20,21)14-8-6-13(17)7-9-14/h2-9,18H,10-11H2,1H3. The van der Waals surface area contributed by atoms with Crippen molar-refractivity contribution in [1.29, 1.82) is 0 Å². The van der Waals surface area contributed by atoms with Gasteiger partial charge in [0.15, 0.2) is 9.84 Å². The quantitative estimate of drug-likeness (QED) is 0.646. The van der Waals surface area contributed by atoms with E-state index in [1.807, 2.05) is 0 Å². The zero-order chi connectivity index (χ0) is 16.9. The van der Waals surface area contributed by atoms with Crippen LogP contribution in [0.1, 0.15) is 15.9 Å². The van der Waals surface area contributed by atoms with Crippen molar-refractivity contribution in [1.82, 2.24) is 5.32 Å². The number of methoxy groups -OCH3 is 1. The first-order valence-electron chi connectivity index (χ1n) is 6.79. The number of sulfone groups is 1. The maximum Gasteiger partial charge on any atom is 0.338 e. The van der Waals surface area contributed by atoms with Crippen LogP contribution in [-0.2, 0) is 21.1 Å². The van der Waals surface area contributed by atoms with E-state index in [2.05, 4.69) is 10.1 Å². The van der Waals surface area contributed by atoms with Gasteiger partial charge < -0.3 is 4.74 Å². The number of hydrogen-bond acceptors (Lipinski definition) is 5. The van der Waals surface area contributed by atoms with Crippen molar-refractivity contribution in [2.75, 3.05) is 13.0 Å². The second kappa shape index (κ2) is 7.34. The van der Waals surface area contributed by atoms with Gasteiger partial charge in [-0.3, -0.25) is 5.32 Å². The molecule has 0 aromatic heterocycles. The third kappa shape index (κ3) is 4.37. The van der Waals surface area contributed by atoms with Crippen molar-refractivity contribution >= 4 is 15.8 Å². The molecule has 7 heteroatoms. The molecule has 23 heavy (non-hydrogen) atoms. The Labute approximate surface area is 134 Å². The van der Waals surface area contributed by atoms with Gasteiger partial charge in [-0.15, -0.1) is 0 Å². The summed E-state index contributed by atoms with van der Waals surface area (Å²) in [7, 11) is -2.30. The lowest BCUT2D eigenvalue weighted by molar-refractivity contribution is 0.0599. The smallest absolute Gasteiger partial charge is 0.338 e. The second-order valence-corrected chi connectivity index (χ2v) is 6.78. The summed E-state index contributed by atoms with van der Waals surface area (Å²) in [6, 6.07) is 11.4. The molecule has 0 radical (unpaired) electrons. The molecular formula is C16H16FNO4S. The van der Waals surface area contributed by atoms with Gasteiger partial charge in [-0.25, -0.2) is 17.6 Å². The van der Waals surface area contributed by atoms with Crippen LogP contribution in [0.25, 0.3) is 0 Å². The van der Waals surface area contributed by atoms with Crippen molar-refractivity contribution in [2.45, 2.75) is 11.4 Å². The molecular weight excluding hydrogens is 321 g/mol. The van der Waals surface area contributed by atoms with E-state index in [0.29, 0.717) is 11.1 Å². The summed E-state index contributed by atoms with van der Waals surface area (Å²) >= 11 is 0. The minimum atomic E-state index is -3.58. The summed E-state index contributed by atoms with van der Waals surface area (Å²) in [5.41, 5.74) is 1.01. The van der Waals surface area contributed by atoms with Gasteiger partial charge in [-0.05, 0) is 35.9 Å². The van der Waals surface area contributed by atoms with Crippen LogP contribution in [0.5, 0.6) is 0 Å². The topological polar surface area (TPSA) is 72.5 Å². The van der Waals surface area contributed by atoms with Crippen LogP contribution in [0.15, 0.2) is 53.4 Å². The van der Waals surface area contributed by atoms with Crippen LogP contribution in [0.3, 0.4) is 0 Å². The lowest BCUT2D eigenvalue weighted by Crippen LogP contribution is -2.24. The zero-order valence-electron chi connectivity index (χ0n) is 12.5. The second-order valence-electron chi connectivity index (χ2n) is 4.79. The largest absolute Gasteiger partial charge is 0.465 e. The molecule has 122 valence electrons. The Morgan fingerprint density at radius 3 is 2.43 bits per heavy atom. The first-order chi connectivity index (χ1) is 10.9. The Morgan fingerprint density at radius 1 is 1.13 bits per heavy atom. The molecule has 0 bridgehead atoms. The van der Waals surface area contributed by atoms with Crippen molar-refractivity contribution in [3.63, 3.8) is 0 Å². The van der Waals surface area contributed by atoms with E-state index in [-0.39, 0.29) is 17.3 Å². The molecule has 0 fully saturated rings. The van der Waals surface area contributed by atoms with Crippen LogP contribution in [0.2, 0.25) is 0 Å². The number of ether oxygens (including phenoxy) is 1. The molecule has 5 nitrogen and oxygen atoms in total. The summed E-state index contributed by atoms with van der Waals surface area (Å²) in [6.07, 6.45) is 0. The Morgan fingerprint density at radius 2 is 1.78 bits per heavy atom. The third-order valence-corrected chi connectivity index (χ3v) is 4.78. The Bertz CT molecular complexity index is 788.